The first-order valence-corrected chi connectivity index (χ1v) is 8.54. The number of hydrogen-bond acceptors (Lipinski definition) is 4. The largest absolute Gasteiger partial charge is 0.306 e. The van der Waals surface area contributed by atoms with Crippen molar-refractivity contribution in [2.45, 2.75) is 45.4 Å². The molecule has 116 valence electrons. The Kier molecular flexibility index (Phi) is 5.27. The zero-order valence-electron chi connectivity index (χ0n) is 13.6. The van der Waals surface area contributed by atoms with E-state index in [4.69, 9.17) is 0 Å². The van der Waals surface area contributed by atoms with Crippen LogP contribution in [0.3, 0.4) is 0 Å². The molecule has 2 rings (SSSR count). The highest BCUT2D eigenvalue weighted by Gasteiger charge is 2.21. The van der Waals surface area contributed by atoms with Gasteiger partial charge in [-0.1, -0.05) is 40.7 Å². The second-order valence-electron chi connectivity index (χ2n) is 6.62. The number of nitrogens with zero attached hydrogens (tertiary/aromatic N) is 3. The van der Waals surface area contributed by atoms with Gasteiger partial charge >= 0.3 is 0 Å². The Morgan fingerprint density at radius 2 is 2.00 bits per heavy atom. The van der Waals surface area contributed by atoms with Crippen molar-refractivity contribution in [2.24, 2.45) is 5.92 Å². The van der Waals surface area contributed by atoms with Crippen LogP contribution in [0, 0.1) is 5.92 Å². The summed E-state index contributed by atoms with van der Waals surface area (Å²) >= 11 is 1.98. The first-order chi connectivity index (χ1) is 9.88. The van der Waals surface area contributed by atoms with E-state index in [1.165, 1.54) is 0 Å². The van der Waals surface area contributed by atoms with Crippen molar-refractivity contribution in [3.63, 3.8) is 0 Å². The summed E-state index contributed by atoms with van der Waals surface area (Å²) in [4.78, 5) is 0. The Morgan fingerprint density at radius 3 is 2.67 bits per heavy atom. The van der Waals surface area contributed by atoms with Crippen LogP contribution in [0.25, 0.3) is 5.65 Å². The lowest BCUT2D eigenvalue weighted by atomic mass is 10.0. The smallest absolute Gasteiger partial charge is 0.160 e. The first kappa shape index (κ1) is 16.3. The highest BCUT2D eigenvalue weighted by atomic mass is 32.2. The van der Waals surface area contributed by atoms with Crippen LogP contribution in [0.5, 0.6) is 0 Å². The molecule has 0 unspecified atom stereocenters. The fourth-order valence-electron chi connectivity index (χ4n) is 2.27. The Labute approximate surface area is 131 Å². The van der Waals surface area contributed by atoms with Crippen molar-refractivity contribution in [1.29, 1.82) is 0 Å². The molecule has 0 amide bonds. The molecule has 1 N–H and O–H groups in total. The zero-order chi connectivity index (χ0) is 15.5. The second kappa shape index (κ2) is 6.79. The van der Waals surface area contributed by atoms with Crippen molar-refractivity contribution >= 4 is 17.4 Å². The van der Waals surface area contributed by atoms with E-state index in [1.807, 2.05) is 36.2 Å². The van der Waals surface area contributed by atoms with Crippen LogP contribution in [-0.4, -0.2) is 31.6 Å². The topological polar surface area (TPSA) is 42.2 Å². The van der Waals surface area contributed by atoms with Crippen molar-refractivity contribution < 1.29 is 0 Å². The summed E-state index contributed by atoms with van der Waals surface area (Å²) in [5, 5.41) is 12.3. The summed E-state index contributed by atoms with van der Waals surface area (Å²) in [6.45, 7) is 12.2. The monoisotopic (exact) mass is 306 g/mol. The number of aromatic nitrogens is 3. The van der Waals surface area contributed by atoms with E-state index in [2.05, 4.69) is 54.5 Å². The van der Waals surface area contributed by atoms with E-state index in [1.54, 1.807) is 0 Å². The number of rotatable bonds is 6. The SMILES string of the molecule is CC(C)[C@@H](NCCSC(C)(C)C)c1nnc2ccccn12. The Morgan fingerprint density at radius 1 is 1.24 bits per heavy atom. The van der Waals surface area contributed by atoms with Crippen LogP contribution in [0.1, 0.15) is 46.5 Å². The lowest BCUT2D eigenvalue weighted by molar-refractivity contribution is 0.401. The van der Waals surface area contributed by atoms with Gasteiger partial charge in [0.25, 0.3) is 0 Å². The third-order valence-corrected chi connectivity index (χ3v) is 4.56. The predicted molar refractivity (Wildman–Crippen MR) is 90.8 cm³/mol. The molecule has 5 heteroatoms. The molecule has 2 heterocycles. The molecule has 2 aromatic rings. The summed E-state index contributed by atoms with van der Waals surface area (Å²) in [6, 6.07) is 6.23. The first-order valence-electron chi connectivity index (χ1n) is 7.55. The normalized spacial score (nSPS) is 14.0. The molecule has 1 atom stereocenters. The van der Waals surface area contributed by atoms with Crippen LogP contribution >= 0.6 is 11.8 Å². The van der Waals surface area contributed by atoms with Gasteiger partial charge in [-0.25, -0.2) is 0 Å². The average Bonchev–Trinajstić information content (AvgIpc) is 2.81. The average molecular weight is 306 g/mol. The van der Waals surface area contributed by atoms with E-state index in [0.717, 1.165) is 23.8 Å². The lowest BCUT2D eigenvalue weighted by Gasteiger charge is -2.22. The quantitative estimate of drug-likeness (QED) is 0.829. The molecule has 0 aliphatic heterocycles. The molecule has 0 aromatic carbocycles. The number of nitrogens with one attached hydrogen (secondary N) is 1. The summed E-state index contributed by atoms with van der Waals surface area (Å²) in [5.74, 6) is 2.57. The molecule has 0 saturated heterocycles. The van der Waals surface area contributed by atoms with Gasteiger partial charge < -0.3 is 5.32 Å². The standard InChI is InChI=1S/C16H26N4S/c1-12(2)14(17-9-11-21-16(3,4)5)15-19-18-13-8-6-7-10-20(13)15/h6-8,10,12,14,17H,9,11H2,1-5H3/t14-/m1/s1. The van der Waals surface area contributed by atoms with Crippen LogP contribution in [0.15, 0.2) is 24.4 Å². The van der Waals surface area contributed by atoms with Gasteiger partial charge in [0.15, 0.2) is 11.5 Å². The molecule has 0 saturated carbocycles. The zero-order valence-corrected chi connectivity index (χ0v) is 14.4. The maximum atomic E-state index is 4.39. The number of hydrogen-bond donors (Lipinski definition) is 1. The molecular formula is C16H26N4S. The highest BCUT2D eigenvalue weighted by Crippen LogP contribution is 2.24. The molecule has 0 spiro atoms. The third-order valence-electron chi connectivity index (χ3n) is 3.29. The van der Waals surface area contributed by atoms with Gasteiger partial charge in [-0.15, -0.1) is 10.2 Å². The van der Waals surface area contributed by atoms with Crippen molar-refractivity contribution in [1.82, 2.24) is 19.9 Å². The van der Waals surface area contributed by atoms with Gasteiger partial charge in [-0.3, -0.25) is 4.40 Å². The van der Waals surface area contributed by atoms with Gasteiger partial charge in [0.2, 0.25) is 0 Å². The van der Waals surface area contributed by atoms with Gasteiger partial charge in [0, 0.05) is 23.2 Å². The number of pyridine rings is 1. The van der Waals surface area contributed by atoms with Gasteiger partial charge in [0.05, 0.1) is 6.04 Å². The number of fused-ring (bicyclic) bond motifs is 1. The Bertz CT molecular complexity index is 571. The molecule has 0 aliphatic rings. The fraction of sp³-hybridized carbons (Fsp3) is 0.625. The molecule has 0 bridgehead atoms. The maximum absolute atomic E-state index is 4.39. The summed E-state index contributed by atoms with van der Waals surface area (Å²) in [6.07, 6.45) is 2.03. The molecule has 0 aliphatic carbocycles. The highest BCUT2D eigenvalue weighted by molar-refractivity contribution is 8.00. The minimum atomic E-state index is 0.225. The van der Waals surface area contributed by atoms with Gasteiger partial charge in [-0.05, 0) is 18.1 Å². The Balaban J connectivity index is 2.06. The van der Waals surface area contributed by atoms with Crippen LogP contribution in [-0.2, 0) is 0 Å². The van der Waals surface area contributed by atoms with Gasteiger partial charge in [-0.2, -0.15) is 11.8 Å². The van der Waals surface area contributed by atoms with Crippen molar-refractivity contribution in [3.8, 4) is 0 Å². The molecule has 21 heavy (non-hydrogen) atoms. The summed E-state index contributed by atoms with van der Waals surface area (Å²) in [7, 11) is 0. The van der Waals surface area contributed by atoms with E-state index < -0.39 is 0 Å². The van der Waals surface area contributed by atoms with Crippen LogP contribution in [0.4, 0.5) is 0 Å². The fourth-order valence-corrected chi connectivity index (χ4v) is 3.10. The summed E-state index contributed by atoms with van der Waals surface area (Å²) in [5.41, 5.74) is 0.906. The number of thioether (sulfide) groups is 1. The van der Waals surface area contributed by atoms with Crippen LogP contribution < -0.4 is 5.32 Å². The molecule has 4 nitrogen and oxygen atoms in total. The van der Waals surface area contributed by atoms with E-state index in [9.17, 15) is 0 Å². The van der Waals surface area contributed by atoms with Crippen molar-refractivity contribution in [2.75, 3.05) is 12.3 Å². The summed E-state index contributed by atoms with van der Waals surface area (Å²) < 4.78 is 2.39. The van der Waals surface area contributed by atoms with Gasteiger partial charge in [0.1, 0.15) is 0 Å². The predicted octanol–water partition coefficient (Wildman–Crippen LogP) is 3.55. The minimum absolute atomic E-state index is 0.225. The molecule has 0 radical (unpaired) electrons. The Hall–Kier alpha value is -1.07. The lowest BCUT2D eigenvalue weighted by Crippen LogP contribution is -2.30. The van der Waals surface area contributed by atoms with E-state index in [-0.39, 0.29) is 6.04 Å². The van der Waals surface area contributed by atoms with E-state index >= 15 is 0 Å². The van der Waals surface area contributed by atoms with E-state index in [0.29, 0.717) is 10.7 Å². The molecular weight excluding hydrogens is 280 g/mol. The third kappa shape index (κ3) is 4.45. The maximum Gasteiger partial charge on any atom is 0.160 e. The second-order valence-corrected chi connectivity index (χ2v) is 8.55. The minimum Gasteiger partial charge on any atom is -0.306 e. The van der Waals surface area contributed by atoms with Crippen molar-refractivity contribution in [3.05, 3.63) is 30.2 Å². The molecule has 0 fully saturated rings. The molecule has 2 aromatic heterocycles. The van der Waals surface area contributed by atoms with Crippen LogP contribution in [0.2, 0.25) is 0 Å².